The van der Waals surface area contributed by atoms with Crippen LogP contribution in [0, 0.1) is 6.92 Å². The lowest BCUT2D eigenvalue weighted by atomic mass is 9.93. The highest BCUT2D eigenvalue weighted by Gasteiger charge is 2.15. The quantitative estimate of drug-likeness (QED) is 0.762. The van der Waals surface area contributed by atoms with E-state index < -0.39 is 0 Å². The normalized spacial score (nSPS) is 17.0. The second kappa shape index (κ2) is 3.88. The Morgan fingerprint density at radius 2 is 2.31 bits per heavy atom. The van der Waals surface area contributed by atoms with Gasteiger partial charge in [-0.05, 0) is 31.4 Å². The summed E-state index contributed by atoms with van der Waals surface area (Å²) < 4.78 is 0. The summed E-state index contributed by atoms with van der Waals surface area (Å²) in [6, 6.07) is 4.97. The fourth-order valence-corrected chi connectivity index (χ4v) is 1.46. The van der Waals surface area contributed by atoms with Crippen LogP contribution >= 0.6 is 0 Å². The molecule has 0 aromatic carbocycles. The van der Waals surface area contributed by atoms with Crippen LogP contribution in [0.15, 0.2) is 18.3 Å². The molecule has 1 N–H and O–H groups in total. The van der Waals surface area contributed by atoms with E-state index in [0.29, 0.717) is 0 Å². The van der Waals surface area contributed by atoms with Gasteiger partial charge in [-0.1, -0.05) is 12.5 Å². The van der Waals surface area contributed by atoms with E-state index in [1.54, 1.807) is 0 Å². The van der Waals surface area contributed by atoms with Crippen molar-refractivity contribution in [2.75, 3.05) is 0 Å². The van der Waals surface area contributed by atoms with Gasteiger partial charge >= 0.3 is 0 Å². The smallest absolute Gasteiger partial charge is 0.0541 e. The minimum Gasteiger partial charge on any atom is -0.308 e. The number of hydrogen-bond acceptors (Lipinski definition) is 2. The summed E-state index contributed by atoms with van der Waals surface area (Å²) in [6.07, 6.45) is 5.99. The van der Waals surface area contributed by atoms with Crippen LogP contribution in [0.3, 0.4) is 0 Å². The van der Waals surface area contributed by atoms with Crippen molar-refractivity contribution < 1.29 is 0 Å². The van der Waals surface area contributed by atoms with Crippen molar-refractivity contribution in [3.8, 4) is 0 Å². The first-order chi connectivity index (χ1) is 6.34. The van der Waals surface area contributed by atoms with Crippen molar-refractivity contribution in [1.29, 1.82) is 0 Å². The highest BCUT2D eigenvalue weighted by molar-refractivity contribution is 5.12. The number of pyridine rings is 1. The summed E-state index contributed by atoms with van der Waals surface area (Å²) in [5, 5.41) is 3.49. The van der Waals surface area contributed by atoms with Gasteiger partial charge in [0.2, 0.25) is 0 Å². The predicted octanol–water partition coefficient (Wildman–Crippen LogP) is 2.03. The monoisotopic (exact) mass is 176 g/mol. The van der Waals surface area contributed by atoms with Gasteiger partial charge in [-0.15, -0.1) is 0 Å². The molecule has 1 saturated carbocycles. The number of nitrogens with one attached hydrogen (secondary N) is 1. The Kier molecular flexibility index (Phi) is 2.60. The summed E-state index contributed by atoms with van der Waals surface area (Å²) in [5.74, 6) is 0. The molecular weight excluding hydrogens is 160 g/mol. The summed E-state index contributed by atoms with van der Waals surface area (Å²) in [7, 11) is 0. The summed E-state index contributed by atoms with van der Waals surface area (Å²) in [5.41, 5.74) is 2.38. The second-order valence-electron chi connectivity index (χ2n) is 3.84. The molecule has 70 valence electrons. The first kappa shape index (κ1) is 8.70. The maximum Gasteiger partial charge on any atom is 0.0541 e. The molecule has 0 aliphatic heterocycles. The van der Waals surface area contributed by atoms with Gasteiger partial charge in [-0.25, -0.2) is 0 Å². The van der Waals surface area contributed by atoms with E-state index in [1.165, 1.54) is 24.8 Å². The second-order valence-corrected chi connectivity index (χ2v) is 3.84. The fourth-order valence-electron chi connectivity index (χ4n) is 1.46. The Morgan fingerprint density at radius 1 is 1.46 bits per heavy atom. The van der Waals surface area contributed by atoms with Gasteiger partial charge in [0.05, 0.1) is 5.69 Å². The minimum atomic E-state index is 0.753. The Bertz CT molecular complexity index is 262. The highest BCUT2D eigenvalue weighted by atomic mass is 14.9. The number of aromatic nitrogens is 1. The predicted molar refractivity (Wildman–Crippen MR) is 53.5 cm³/mol. The van der Waals surface area contributed by atoms with Crippen LogP contribution in [-0.4, -0.2) is 11.0 Å². The van der Waals surface area contributed by atoms with E-state index in [0.717, 1.165) is 18.3 Å². The maximum atomic E-state index is 4.35. The molecule has 0 unspecified atom stereocenters. The topological polar surface area (TPSA) is 24.9 Å². The van der Waals surface area contributed by atoms with E-state index >= 15 is 0 Å². The molecule has 1 aromatic rings. The zero-order chi connectivity index (χ0) is 9.10. The molecule has 1 aliphatic rings. The maximum absolute atomic E-state index is 4.35. The Labute approximate surface area is 79.4 Å². The van der Waals surface area contributed by atoms with Crippen LogP contribution in [-0.2, 0) is 6.54 Å². The molecule has 1 fully saturated rings. The van der Waals surface area contributed by atoms with Crippen LogP contribution in [0.2, 0.25) is 0 Å². The molecule has 0 radical (unpaired) electrons. The van der Waals surface area contributed by atoms with Gasteiger partial charge < -0.3 is 5.32 Å². The molecule has 2 nitrogen and oxygen atoms in total. The van der Waals surface area contributed by atoms with Crippen molar-refractivity contribution in [2.45, 2.75) is 38.8 Å². The average Bonchev–Trinajstić information content (AvgIpc) is 2.05. The fraction of sp³-hybridized carbons (Fsp3) is 0.545. The van der Waals surface area contributed by atoms with Crippen LogP contribution in [0.5, 0.6) is 0 Å². The largest absolute Gasteiger partial charge is 0.308 e. The van der Waals surface area contributed by atoms with Crippen molar-refractivity contribution in [2.24, 2.45) is 0 Å². The highest BCUT2D eigenvalue weighted by Crippen LogP contribution is 2.18. The zero-order valence-corrected chi connectivity index (χ0v) is 8.09. The molecule has 2 rings (SSSR count). The van der Waals surface area contributed by atoms with Crippen LogP contribution in [0.1, 0.15) is 30.5 Å². The van der Waals surface area contributed by atoms with E-state index in [9.17, 15) is 0 Å². The molecule has 0 atom stereocenters. The standard InChI is InChI=1S/C11H16N2/c1-9-5-6-11(12-7-9)8-13-10-3-2-4-10/h5-7,10,13H,2-4,8H2,1H3. The Balaban J connectivity index is 1.83. The molecule has 0 spiro atoms. The molecule has 0 amide bonds. The lowest BCUT2D eigenvalue weighted by Gasteiger charge is -2.26. The summed E-state index contributed by atoms with van der Waals surface area (Å²) >= 11 is 0. The van der Waals surface area contributed by atoms with E-state index in [4.69, 9.17) is 0 Å². The Hall–Kier alpha value is -0.890. The van der Waals surface area contributed by atoms with Crippen molar-refractivity contribution in [3.63, 3.8) is 0 Å². The summed E-state index contributed by atoms with van der Waals surface area (Å²) in [4.78, 5) is 4.35. The van der Waals surface area contributed by atoms with Crippen molar-refractivity contribution in [3.05, 3.63) is 29.6 Å². The van der Waals surface area contributed by atoms with Gasteiger partial charge in [-0.3, -0.25) is 4.98 Å². The molecule has 13 heavy (non-hydrogen) atoms. The lowest BCUT2D eigenvalue weighted by Crippen LogP contribution is -2.34. The van der Waals surface area contributed by atoms with Crippen molar-refractivity contribution in [1.82, 2.24) is 10.3 Å². The zero-order valence-electron chi connectivity index (χ0n) is 8.09. The molecule has 0 saturated heterocycles. The molecule has 1 heterocycles. The van der Waals surface area contributed by atoms with Gasteiger partial charge in [-0.2, -0.15) is 0 Å². The molecular formula is C11H16N2. The summed E-state index contributed by atoms with van der Waals surface area (Å²) in [6.45, 7) is 2.99. The number of hydrogen-bond donors (Lipinski definition) is 1. The van der Waals surface area contributed by atoms with Gasteiger partial charge in [0.15, 0.2) is 0 Å². The molecule has 1 aliphatic carbocycles. The van der Waals surface area contributed by atoms with E-state index in [-0.39, 0.29) is 0 Å². The molecule has 0 bridgehead atoms. The number of rotatable bonds is 3. The Morgan fingerprint density at radius 3 is 2.85 bits per heavy atom. The van der Waals surface area contributed by atoms with Crippen molar-refractivity contribution >= 4 is 0 Å². The van der Waals surface area contributed by atoms with E-state index in [2.05, 4.69) is 29.4 Å². The van der Waals surface area contributed by atoms with Gasteiger partial charge in [0.25, 0.3) is 0 Å². The third kappa shape index (κ3) is 2.28. The van der Waals surface area contributed by atoms with Crippen LogP contribution in [0.25, 0.3) is 0 Å². The van der Waals surface area contributed by atoms with Gasteiger partial charge in [0.1, 0.15) is 0 Å². The third-order valence-electron chi connectivity index (χ3n) is 2.65. The molecule has 1 aromatic heterocycles. The third-order valence-corrected chi connectivity index (χ3v) is 2.65. The number of nitrogens with zero attached hydrogens (tertiary/aromatic N) is 1. The van der Waals surface area contributed by atoms with Crippen LogP contribution < -0.4 is 5.32 Å². The first-order valence-corrected chi connectivity index (χ1v) is 4.99. The first-order valence-electron chi connectivity index (χ1n) is 4.99. The van der Waals surface area contributed by atoms with Gasteiger partial charge in [0, 0.05) is 18.8 Å². The molecule has 2 heteroatoms. The van der Waals surface area contributed by atoms with Crippen LogP contribution in [0.4, 0.5) is 0 Å². The van der Waals surface area contributed by atoms with E-state index in [1.807, 2.05) is 6.20 Å². The SMILES string of the molecule is Cc1ccc(CNC2CCC2)nc1. The number of aryl methyl sites for hydroxylation is 1. The average molecular weight is 176 g/mol. The lowest BCUT2D eigenvalue weighted by molar-refractivity contribution is 0.337. The minimum absolute atomic E-state index is 0.753.